The van der Waals surface area contributed by atoms with Crippen molar-refractivity contribution < 1.29 is 8.78 Å². The standard InChI is InChI=1S/C12H15F2N/c1-7-5-9(7)12(15-2)8-3-4-10(13)11(14)6-8/h3-4,6-7,9,12,15H,5H2,1-2H3. The van der Waals surface area contributed by atoms with E-state index in [-0.39, 0.29) is 6.04 Å². The van der Waals surface area contributed by atoms with Gasteiger partial charge in [0.05, 0.1) is 0 Å². The maximum absolute atomic E-state index is 13.1. The summed E-state index contributed by atoms with van der Waals surface area (Å²) in [4.78, 5) is 0. The Kier molecular flexibility index (Phi) is 2.74. The molecule has 1 aromatic rings. The third kappa shape index (κ3) is 2.02. The van der Waals surface area contributed by atoms with E-state index in [4.69, 9.17) is 0 Å². The Labute approximate surface area is 88.5 Å². The van der Waals surface area contributed by atoms with Gasteiger partial charge >= 0.3 is 0 Å². The van der Waals surface area contributed by atoms with Crippen LogP contribution in [0.4, 0.5) is 8.78 Å². The Balaban J connectivity index is 2.23. The highest BCUT2D eigenvalue weighted by Crippen LogP contribution is 2.46. The summed E-state index contributed by atoms with van der Waals surface area (Å²) in [5.41, 5.74) is 0.839. The predicted molar refractivity (Wildman–Crippen MR) is 55.4 cm³/mol. The van der Waals surface area contributed by atoms with Gasteiger partial charge in [-0.2, -0.15) is 0 Å². The van der Waals surface area contributed by atoms with E-state index in [1.807, 2.05) is 7.05 Å². The summed E-state index contributed by atoms with van der Waals surface area (Å²) in [7, 11) is 1.86. The van der Waals surface area contributed by atoms with Crippen molar-refractivity contribution in [2.45, 2.75) is 19.4 Å². The lowest BCUT2D eigenvalue weighted by molar-refractivity contribution is 0.482. The van der Waals surface area contributed by atoms with Crippen LogP contribution in [0.2, 0.25) is 0 Å². The molecular weight excluding hydrogens is 196 g/mol. The Morgan fingerprint density at radius 1 is 1.33 bits per heavy atom. The molecule has 1 N–H and O–H groups in total. The maximum Gasteiger partial charge on any atom is 0.159 e. The van der Waals surface area contributed by atoms with Crippen LogP contribution in [0.15, 0.2) is 18.2 Å². The Morgan fingerprint density at radius 2 is 2.00 bits per heavy atom. The SMILES string of the molecule is CNC(c1ccc(F)c(F)c1)C1CC1C. The van der Waals surface area contributed by atoms with Crippen LogP contribution in [0.5, 0.6) is 0 Å². The molecule has 0 heterocycles. The molecule has 3 atom stereocenters. The van der Waals surface area contributed by atoms with Crippen molar-refractivity contribution in [2.75, 3.05) is 7.05 Å². The van der Waals surface area contributed by atoms with Crippen molar-refractivity contribution in [3.63, 3.8) is 0 Å². The molecule has 0 aromatic heterocycles. The first kappa shape index (κ1) is 10.6. The third-order valence-corrected chi connectivity index (χ3v) is 3.21. The van der Waals surface area contributed by atoms with Gasteiger partial charge in [0.15, 0.2) is 11.6 Å². The van der Waals surface area contributed by atoms with Gasteiger partial charge in [-0.05, 0) is 43.0 Å². The van der Waals surface area contributed by atoms with Crippen LogP contribution in [0.1, 0.15) is 24.9 Å². The lowest BCUT2D eigenvalue weighted by Gasteiger charge is -2.16. The van der Waals surface area contributed by atoms with Gasteiger partial charge in [0, 0.05) is 6.04 Å². The zero-order valence-corrected chi connectivity index (χ0v) is 8.93. The first-order valence-electron chi connectivity index (χ1n) is 5.25. The van der Waals surface area contributed by atoms with Crippen molar-refractivity contribution >= 4 is 0 Å². The lowest BCUT2D eigenvalue weighted by Crippen LogP contribution is -2.19. The molecule has 1 fully saturated rings. The summed E-state index contributed by atoms with van der Waals surface area (Å²) in [6.07, 6.45) is 1.16. The van der Waals surface area contributed by atoms with Gasteiger partial charge in [-0.1, -0.05) is 13.0 Å². The molecule has 0 saturated heterocycles. The lowest BCUT2D eigenvalue weighted by atomic mass is 10.0. The van der Waals surface area contributed by atoms with E-state index < -0.39 is 11.6 Å². The number of hydrogen-bond acceptors (Lipinski definition) is 1. The highest BCUT2D eigenvalue weighted by Gasteiger charge is 2.39. The molecule has 15 heavy (non-hydrogen) atoms. The minimum absolute atomic E-state index is 0.148. The summed E-state index contributed by atoms with van der Waals surface area (Å²) in [5.74, 6) is -0.311. The molecule has 82 valence electrons. The fourth-order valence-corrected chi connectivity index (χ4v) is 2.15. The van der Waals surface area contributed by atoms with E-state index in [9.17, 15) is 8.78 Å². The smallest absolute Gasteiger partial charge is 0.159 e. The van der Waals surface area contributed by atoms with Crippen molar-refractivity contribution in [3.05, 3.63) is 35.4 Å². The van der Waals surface area contributed by atoms with E-state index >= 15 is 0 Å². The fraction of sp³-hybridized carbons (Fsp3) is 0.500. The van der Waals surface area contributed by atoms with Crippen LogP contribution < -0.4 is 5.32 Å². The summed E-state index contributed by atoms with van der Waals surface area (Å²) in [6, 6.07) is 4.30. The molecule has 3 heteroatoms. The first-order valence-corrected chi connectivity index (χ1v) is 5.25. The summed E-state index contributed by atoms with van der Waals surface area (Å²) >= 11 is 0. The molecule has 0 amide bonds. The molecule has 1 aromatic carbocycles. The molecule has 1 nitrogen and oxygen atoms in total. The quantitative estimate of drug-likeness (QED) is 0.810. The van der Waals surface area contributed by atoms with E-state index in [1.54, 1.807) is 6.07 Å². The highest BCUT2D eigenvalue weighted by molar-refractivity contribution is 5.23. The molecule has 0 spiro atoms. The fourth-order valence-electron chi connectivity index (χ4n) is 2.15. The molecule has 0 aliphatic heterocycles. The van der Waals surface area contributed by atoms with Crippen molar-refractivity contribution in [3.8, 4) is 0 Å². The number of rotatable bonds is 3. The van der Waals surface area contributed by atoms with E-state index in [0.29, 0.717) is 11.8 Å². The van der Waals surface area contributed by atoms with Crippen molar-refractivity contribution in [1.29, 1.82) is 0 Å². The average molecular weight is 211 g/mol. The number of nitrogens with one attached hydrogen (secondary N) is 1. The minimum Gasteiger partial charge on any atom is -0.313 e. The number of benzene rings is 1. The second kappa shape index (κ2) is 3.89. The molecule has 0 radical (unpaired) electrons. The molecule has 1 aliphatic rings. The van der Waals surface area contributed by atoms with Crippen LogP contribution in [0.3, 0.4) is 0 Å². The molecule has 3 unspecified atom stereocenters. The Morgan fingerprint density at radius 3 is 2.47 bits per heavy atom. The summed E-state index contributed by atoms with van der Waals surface area (Å²) in [5, 5.41) is 3.17. The van der Waals surface area contributed by atoms with Crippen LogP contribution in [-0.4, -0.2) is 7.05 Å². The molecule has 0 bridgehead atoms. The van der Waals surface area contributed by atoms with Crippen LogP contribution in [0.25, 0.3) is 0 Å². The Hall–Kier alpha value is -0.960. The highest BCUT2D eigenvalue weighted by atomic mass is 19.2. The van der Waals surface area contributed by atoms with Crippen molar-refractivity contribution in [2.24, 2.45) is 11.8 Å². The van der Waals surface area contributed by atoms with E-state index in [2.05, 4.69) is 12.2 Å². The van der Waals surface area contributed by atoms with Gasteiger partial charge in [0.2, 0.25) is 0 Å². The van der Waals surface area contributed by atoms with Gasteiger partial charge in [-0.3, -0.25) is 0 Å². The minimum atomic E-state index is -0.780. The average Bonchev–Trinajstić information content (AvgIpc) is 2.90. The van der Waals surface area contributed by atoms with E-state index in [1.165, 1.54) is 12.1 Å². The molecule has 1 aliphatic carbocycles. The van der Waals surface area contributed by atoms with Crippen LogP contribution in [0, 0.1) is 23.5 Å². The van der Waals surface area contributed by atoms with Gasteiger partial charge < -0.3 is 5.32 Å². The Bertz CT molecular complexity index is 365. The summed E-state index contributed by atoms with van der Waals surface area (Å²) < 4.78 is 25.8. The topological polar surface area (TPSA) is 12.0 Å². The zero-order valence-electron chi connectivity index (χ0n) is 8.93. The van der Waals surface area contributed by atoms with Gasteiger partial charge in [-0.15, -0.1) is 0 Å². The molecule has 2 rings (SSSR count). The van der Waals surface area contributed by atoms with Gasteiger partial charge in [0.1, 0.15) is 0 Å². The van der Waals surface area contributed by atoms with Gasteiger partial charge in [0.25, 0.3) is 0 Å². The number of hydrogen-bond donors (Lipinski definition) is 1. The second-order valence-electron chi connectivity index (χ2n) is 4.32. The maximum atomic E-state index is 13.1. The van der Waals surface area contributed by atoms with Crippen molar-refractivity contribution in [1.82, 2.24) is 5.32 Å². The zero-order chi connectivity index (χ0) is 11.0. The van der Waals surface area contributed by atoms with Crippen LogP contribution in [-0.2, 0) is 0 Å². The predicted octanol–water partition coefficient (Wildman–Crippen LogP) is 2.88. The molecule has 1 saturated carbocycles. The van der Waals surface area contributed by atoms with E-state index in [0.717, 1.165) is 12.0 Å². The molecular formula is C12H15F2N. The van der Waals surface area contributed by atoms with Gasteiger partial charge in [-0.25, -0.2) is 8.78 Å². The summed E-state index contributed by atoms with van der Waals surface area (Å²) in [6.45, 7) is 2.18. The first-order chi connectivity index (χ1) is 7.13. The largest absolute Gasteiger partial charge is 0.313 e. The normalized spacial score (nSPS) is 26.4. The third-order valence-electron chi connectivity index (χ3n) is 3.21. The number of halogens is 2. The second-order valence-corrected chi connectivity index (χ2v) is 4.32. The monoisotopic (exact) mass is 211 g/mol. The van der Waals surface area contributed by atoms with Crippen LogP contribution >= 0.6 is 0 Å².